The second kappa shape index (κ2) is 9.04. The highest BCUT2D eigenvalue weighted by Crippen LogP contribution is 2.27. The van der Waals surface area contributed by atoms with Gasteiger partial charge in [0.15, 0.2) is 0 Å². The number of benzene rings is 3. The summed E-state index contributed by atoms with van der Waals surface area (Å²) in [4.78, 5) is 17.3. The first-order chi connectivity index (χ1) is 16.1. The molecule has 1 atom stereocenters. The maximum absolute atomic E-state index is 13.1. The number of carbonyl (C=O) groups is 1. The van der Waals surface area contributed by atoms with E-state index >= 15 is 0 Å². The molecule has 4 aromatic rings. The Labute approximate surface area is 194 Å². The molecule has 5 nitrogen and oxygen atoms in total. The van der Waals surface area contributed by atoms with E-state index in [1.807, 2.05) is 41.3 Å². The summed E-state index contributed by atoms with van der Waals surface area (Å²) >= 11 is 0. The molecule has 166 valence electrons. The summed E-state index contributed by atoms with van der Waals surface area (Å²) in [5.74, 6) is 0.0896. The second-order valence-corrected chi connectivity index (χ2v) is 8.81. The molecule has 1 aliphatic rings. The fourth-order valence-electron chi connectivity index (χ4n) is 4.52. The standard InChI is InChI=1S/C28H28N4O/c1-31(2)23-16-17-32(19-23)28(33)22-13-15-27-25(18-22)26(29-30-27)14-12-21-10-6-7-11-24(21)20-8-4-3-5-9-20/h3-15,18,23H,16-17,19H2,1-2H3,(H,29,30)/b14-12+. The number of amides is 1. The Morgan fingerprint density at radius 2 is 1.82 bits per heavy atom. The van der Waals surface area contributed by atoms with Gasteiger partial charge in [0.25, 0.3) is 5.91 Å². The molecule has 1 N–H and O–H groups in total. The van der Waals surface area contributed by atoms with Crippen molar-refractivity contribution in [3.63, 3.8) is 0 Å². The van der Waals surface area contributed by atoms with Crippen LogP contribution in [0.1, 0.15) is 28.0 Å². The SMILES string of the molecule is CN(C)C1CCN(C(=O)c2ccc3n[nH]c(/C=C/c4ccccc4-c4ccccc4)c3c2)C1. The van der Waals surface area contributed by atoms with Gasteiger partial charge in [0.1, 0.15) is 0 Å². The lowest BCUT2D eigenvalue weighted by Gasteiger charge is -2.20. The fraction of sp³-hybridized carbons (Fsp3) is 0.214. The number of aromatic amines is 1. The van der Waals surface area contributed by atoms with Crippen molar-refractivity contribution in [1.29, 1.82) is 0 Å². The average Bonchev–Trinajstić information content (AvgIpc) is 3.50. The second-order valence-electron chi connectivity index (χ2n) is 8.81. The highest BCUT2D eigenvalue weighted by atomic mass is 16.2. The lowest BCUT2D eigenvalue weighted by molar-refractivity contribution is 0.0783. The van der Waals surface area contributed by atoms with Crippen LogP contribution < -0.4 is 0 Å². The molecular weight excluding hydrogens is 408 g/mol. The Morgan fingerprint density at radius 1 is 1.03 bits per heavy atom. The van der Waals surface area contributed by atoms with Crippen LogP contribution in [0.4, 0.5) is 0 Å². The lowest BCUT2D eigenvalue weighted by atomic mass is 9.99. The van der Waals surface area contributed by atoms with Gasteiger partial charge in [0.05, 0.1) is 11.2 Å². The number of nitrogens with zero attached hydrogens (tertiary/aromatic N) is 3. The van der Waals surface area contributed by atoms with E-state index in [1.54, 1.807) is 0 Å². The third-order valence-electron chi connectivity index (χ3n) is 6.49. The van der Waals surface area contributed by atoms with Crippen molar-refractivity contribution in [1.82, 2.24) is 20.0 Å². The molecular formula is C28H28N4O. The Kier molecular flexibility index (Phi) is 5.80. The first kappa shape index (κ1) is 21.2. The Balaban J connectivity index is 1.43. The van der Waals surface area contributed by atoms with E-state index in [9.17, 15) is 4.79 Å². The summed E-state index contributed by atoms with van der Waals surface area (Å²) in [7, 11) is 4.15. The molecule has 0 saturated carbocycles. The number of carbonyl (C=O) groups excluding carboxylic acids is 1. The van der Waals surface area contributed by atoms with Gasteiger partial charge in [-0.15, -0.1) is 0 Å². The molecule has 5 heteroatoms. The third-order valence-corrected chi connectivity index (χ3v) is 6.49. The number of rotatable bonds is 5. The highest BCUT2D eigenvalue weighted by Gasteiger charge is 2.28. The first-order valence-corrected chi connectivity index (χ1v) is 11.4. The molecule has 1 aromatic heterocycles. The lowest BCUT2D eigenvalue weighted by Crippen LogP contribution is -2.34. The molecule has 1 unspecified atom stereocenters. The first-order valence-electron chi connectivity index (χ1n) is 11.4. The summed E-state index contributed by atoms with van der Waals surface area (Å²) in [6, 6.07) is 24.9. The Hall–Kier alpha value is -3.70. The summed E-state index contributed by atoms with van der Waals surface area (Å²) < 4.78 is 0. The van der Waals surface area contributed by atoms with Crippen molar-refractivity contribution < 1.29 is 4.79 Å². The van der Waals surface area contributed by atoms with Gasteiger partial charge >= 0.3 is 0 Å². The molecule has 1 saturated heterocycles. The Morgan fingerprint density at radius 3 is 2.61 bits per heavy atom. The van der Waals surface area contributed by atoms with Crippen LogP contribution in [0.2, 0.25) is 0 Å². The monoisotopic (exact) mass is 436 g/mol. The van der Waals surface area contributed by atoms with Gasteiger partial charge in [0, 0.05) is 30.1 Å². The van der Waals surface area contributed by atoms with Crippen molar-refractivity contribution in [3.8, 4) is 11.1 Å². The topological polar surface area (TPSA) is 52.2 Å². The van der Waals surface area contributed by atoms with Crippen molar-refractivity contribution in [3.05, 3.63) is 89.6 Å². The number of aromatic nitrogens is 2. The minimum Gasteiger partial charge on any atom is -0.337 e. The minimum atomic E-state index is 0.0896. The number of fused-ring (bicyclic) bond motifs is 1. The van der Waals surface area contributed by atoms with Crippen LogP contribution in [0.25, 0.3) is 34.2 Å². The van der Waals surface area contributed by atoms with Crippen LogP contribution in [0.3, 0.4) is 0 Å². The molecule has 0 aliphatic carbocycles. The molecule has 1 fully saturated rings. The minimum absolute atomic E-state index is 0.0896. The number of hydrogen-bond acceptors (Lipinski definition) is 3. The van der Waals surface area contributed by atoms with E-state index < -0.39 is 0 Å². The number of H-pyrrole nitrogens is 1. The van der Waals surface area contributed by atoms with Gasteiger partial charge in [-0.05, 0) is 61.5 Å². The largest absolute Gasteiger partial charge is 0.337 e. The van der Waals surface area contributed by atoms with Crippen LogP contribution in [-0.2, 0) is 0 Å². The predicted molar refractivity (Wildman–Crippen MR) is 135 cm³/mol. The van der Waals surface area contributed by atoms with Crippen LogP contribution in [0.5, 0.6) is 0 Å². The number of hydrogen-bond donors (Lipinski definition) is 1. The van der Waals surface area contributed by atoms with Gasteiger partial charge in [-0.2, -0.15) is 5.10 Å². The van der Waals surface area contributed by atoms with E-state index in [2.05, 4.69) is 77.7 Å². The maximum atomic E-state index is 13.1. The highest BCUT2D eigenvalue weighted by molar-refractivity contribution is 6.00. The molecule has 33 heavy (non-hydrogen) atoms. The van der Waals surface area contributed by atoms with E-state index in [1.165, 1.54) is 11.1 Å². The summed E-state index contributed by atoms with van der Waals surface area (Å²) in [5.41, 5.74) is 5.96. The van der Waals surface area contributed by atoms with Crippen LogP contribution >= 0.6 is 0 Å². The van der Waals surface area contributed by atoms with Gasteiger partial charge in [-0.3, -0.25) is 9.89 Å². The van der Waals surface area contributed by atoms with Gasteiger partial charge in [-0.25, -0.2) is 0 Å². The average molecular weight is 437 g/mol. The van der Waals surface area contributed by atoms with Gasteiger partial charge in [-0.1, -0.05) is 60.7 Å². The number of likely N-dealkylation sites (N-methyl/N-ethyl adjacent to an activating group) is 1. The van der Waals surface area contributed by atoms with E-state index in [0.29, 0.717) is 11.6 Å². The Bertz CT molecular complexity index is 1310. The molecule has 1 amide bonds. The summed E-state index contributed by atoms with van der Waals surface area (Å²) in [5, 5.41) is 8.53. The third kappa shape index (κ3) is 4.32. The van der Waals surface area contributed by atoms with Crippen molar-refractivity contribution >= 4 is 29.0 Å². The van der Waals surface area contributed by atoms with Crippen molar-refractivity contribution in [2.45, 2.75) is 12.5 Å². The summed E-state index contributed by atoms with van der Waals surface area (Å²) in [6.45, 7) is 1.58. The summed E-state index contributed by atoms with van der Waals surface area (Å²) in [6.07, 6.45) is 5.16. The molecule has 0 spiro atoms. The molecule has 2 heterocycles. The zero-order valence-electron chi connectivity index (χ0n) is 19.0. The van der Waals surface area contributed by atoms with Crippen molar-refractivity contribution in [2.24, 2.45) is 0 Å². The predicted octanol–water partition coefficient (Wildman–Crippen LogP) is 5.18. The smallest absolute Gasteiger partial charge is 0.253 e. The number of likely N-dealkylation sites (tertiary alicyclic amines) is 1. The maximum Gasteiger partial charge on any atom is 0.253 e. The van der Waals surface area contributed by atoms with Gasteiger partial charge < -0.3 is 9.80 Å². The molecule has 0 radical (unpaired) electrons. The normalized spacial score (nSPS) is 16.3. The quantitative estimate of drug-likeness (QED) is 0.469. The van der Waals surface area contributed by atoms with Gasteiger partial charge in [0.2, 0.25) is 0 Å². The van der Waals surface area contributed by atoms with E-state index in [-0.39, 0.29) is 5.91 Å². The molecule has 1 aliphatic heterocycles. The van der Waals surface area contributed by atoms with E-state index in [4.69, 9.17) is 0 Å². The van der Waals surface area contributed by atoms with Crippen LogP contribution in [0.15, 0.2) is 72.8 Å². The van der Waals surface area contributed by atoms with Crippen LogP contribution in [-0.4, -0.2) is 59.1 Å². The van der Waals surface area contributed by atoms with Crippen LogP contribution in [0, 0.1) is 0 Å². The zero-order valence-corrected chi connectivity index (χ0v) is 19.0. The van der Waals surface area contributed by atoms with Crippen molar-refractivity contribution in [2.75, 3.05) is 27.2 Å². The molecule has 0 bridgehead atoms. The zero-order chi connectivity index (χ0) is 22.8. The molecule has 5 rings (SSSR count). The molecule has 3 aromatic carbocycles. The fourth-order valence-corrected chi connectivity index (χ4v) is 4.52. The number of nitrogens with one attached hydrogen (secondary N) is 1. The van der Waals surface area contributed by atoms with E-state index in [0.717, 1.165) is 41.7 Å².